The quantitative estimate of drug-likeness (QED) is 0.613. The zero-order valence-corrected chi connectivity index (χ0v) is 16.2. The molecule has 1 aromatic heterocycles. The van der Waals surface area contributed by atoms with Gasteiger partial charge in [-0.2, -0.15) is 5.10 Å². The highest BCUT2D eigenvalue weighted by Gasteiger charge is 2.13. The summed E-state index contributed by atoms with van der Waals surface area (Å²) in [6, 6.07) is 14.1. The molecule has 0 atom stereocenters. The van der Waals surface area contributed by atoms with Crippen LogP contribution < -0.4 is 15.8 Å². The maximum absolute atomic E-state index is 13.1. The van der Waals surface area contributed by atoms with Crippen LogP contribution in [0.3, 0.4) is 0 Å². The number of carbonyl (C=O) groups is 2. The van der Waals surface area contributed by atoms with Gasteiger partial charge in [-0.15, -0.1) is 0 Å². The number of nitrogens with one attached hydrogen (secondary N) is 1. The highest BCUT2D eigenvalue weighted by molar-refractivity contribution is 5.95. The highest BCUT2D eigenvalue weighted by atomic mass is 19.1. The number of rotatable bonds is 6. The summed E-state index contributed by atoms with van der Waals surface area (Å²) in [4.78, 5) is 23.7. The third-order valence-electron chi connectivity index (χ3n) is 4.17. The molecule has 152 valence electrons. The lowest BCUT2D eigenvalue weighted by Gasteiger charge is -2.05. The van der Waals surface area contributed by atoms with E-state index in [0.717, 1.165) is 0 Å². The molecule has 0 aliphatic rings. The van der Waals surface area contributed by atoms with Crippen LogP contribution in [0.25, 0.3) is 11.3 Å². The van der Waals surface area contributed by atoms with Crippen molar-refractivity contribution in [2.45, 2.75) is 0 Å². The Labute approximate surface area is 172 Å². The molecule has 1 heterocycles. The number of amides is 2. The first kappa shape index (κ1) is 20.6. The maximum atomic E-state index is 13.1. The number of nitrogens with two attached hydrogens (primary N) is 1. The normalized spacial score (nSPS) is 10.1. The zero-order valence-electron chi connectivity index (χ0n) is 16.2. The third-order valence-corrected chi connectivity index (χ3v) is 4.17. The number of benzene rings is 2. The van der Waals surface area contributed by atoms with Crippen LogP contribution in [0.2, 0.25) is 0 Å². The molecule has 0 bridgehead atoms. The average molecular weight is 406 g/mol. The summed E-state index contributed by atoms with van der Waals surface area (Å²) in [6.07, 6.45) is 0. The van der Waals surface area contributed by atoms with Crippen LogP contribution >= 0.6 is 0 Å². The van der Waals surface area contributed by atoms with Crippen molar-refractivity contribution in [1.82, 2.24) is 15.1 Å². The fraction of sp³-hybridized carbons (Fsp3) is 0.136. The number of carbonyl (C=O) groups excluding carboxylic acids is 2. The first-order chi connectivity index (χ1) is 14.5. The summed E-state index contributed by atoms with van der Waals surface area (Å²) in [5, 5.41) is 6.96. The smallest absolute Gasteiger partial charge is 0.270 e. The van der Waals surface area contributed by atoms with E-state index in [1.165, 1.54) is 16.8 Å². The van der Waals surface area contributed by atoms with E-state index < -0.39 is 5.91 Å². The lowest BCUT2D eigenvalue weighted by Crippen LogP contribution is -2.25. The van der Waals surface area contributed by atoms with Crippen LogP contribution in [0, 0.1) is 17.7 Å². The predicted octanol–water partition coefficient (Wildman–Crippen LogP) is 2.14. The molecule has 3 N–H and O–H groups in total. The molecular formula is C22H19FN4O3. The van der Waals surface area contributed by atoms with Gasteiger partial charge in [0.2, 0.25) is 0 Å². The van der Waals surface area contributed by atoms with Gasteiger partial charge in [0.25, 0.3) is 11.8 Å². The standard InChI is InChI=1S/C22H19FN4O3/c1-27-19(14-18(26-27)15-8-10-16(23)11-9-15)22(29)25-12-4-5-13-30-20-7-3-2-6-17(20)21(24)28/h2-3,6-11,14H,12-13H2,1H3,(H2,24,28)(H,25,29). The molecule has 0 spiro atoms. The van der Waals surface area contributed by atoms with Gasteiger partial charge in [-0.1, -0.05) is 24.0 Å². The van der Waals surface area contributed by atoms with Crippen LogP contribution in [0.15, 0.2) is 54.6 Å². The first-order valence-electron chi connectivity index (χ1n) is 9.01. The molecule has 2 aromatic carbocycles. The number of hydrogen-bond donors (Lipinski definition) is 2. The number of halogens is 1. The Bertz CT molecular complexity index is 1130. The fourth-order valence-electron chi connectivity index (χ4n) is 2.68. The van der Waals surface area contributed by atoms with E-state index in [0.29, 0.717) is 22.7 Å². The Morgan fingerprint density at radius 3 is 2.63 bits per heavy atom. The van der Waals surface area contributed by atoms with E-state index in [4.69, 9.17) is 10.5 Å². The molecule has 0 saturated carbocycles. The summed E-state index contributed by atoms with van der Waals surface area (Å²) in [5.41, 5.74) is 7.19. The molecule has 0 radical (unpaired) electrons. The van der Waals surface area contributed by atoms with Crippen LogP contribution in [-0.4, -0.2) is 34.7 Å². The summed E-state index contributed by atoms with van der Waals surface area (Å²) in [6.45, 7) is 0.150. The van der Waals surface area contributed by atoms with Crippen LogP contribution in [0.1, 0.15) is 20.8 Å². The number of para-hydroxylation sites is 1. The van der Waals surface area contributed by atoms with E-state index in [2.05, 4.69) is 22.3 Å². The fourth-order valence-corrected chi connectivity index (χ4v) is 2.68. The van der Waals surface area contributed by atoms with Gasteiger partial charge in [0.05, 0.1) is 17.8 Å². The van der Waals surface area contributed by atoms with E-state index >= 15 is 0 Å². The molecule has 30 heavy (non-hydrogen) atoms. The number of nitrogens with zero attached hydrogens (tertiary/aromatic N) is 2. The van der Waals surface area contributed by atoms with Crippen molar-refractivity contribution in [1.29, 1.82) is 0 Å². The van der Waals surface area contributed by atoms with Gasteiger partial charge in [0.15, 0.2) is 0 Å². The molecular weight excluding hydrogens is 387 g/mol. The Kier molecular flexibility index (Phi) is 6.45. The molecule has 8 heteroatoms. The van der Waals surface area contributed by atoms with Crippen molar-refractivity contribution < 1.29 is 18.7 Å². The molecule has 0 aliphatic carbocycles. The van der Waals surface area contributed by atoms with Gasteiger partial charge >= 0.3 is 0 Å². The Morgan fingerprint density at radius 1 is 1.17 bits per heavy atom. The second-order valence-electron chi connectivity index (χ2n) is 6.23. The summed E-state index contributed by atoms with van der Waals surface area (Å²) < 4.78 is 20.0. The Hall–Kier alpha value is -4.12. The van der Waals surface area contributed by atoms with Crippen molar-refractivity contribution in [3.63, 3.8) is 0 Å². The molecule has 0 aliphatic heterocycles. The topological polar surface area (TPSA) is 99.2 Å². The second-order valence-corrected chi connectivity index (χ2v) is 6.23. The molecule has 7 nitrogen and oxygen atoms in total. The largest absolute Gasteiger partial charge is 0.480 e. The zero-order chi connectivity index (χ0) is 21.5. The lowest BCUT2D eigenvalue weighted by atomic mass is 10.1. The summed E-state index contributed by atoms with van der Waals surface area (Å²) in [5.74, 6) is 4.63. The summed E-state index contributed by atoms with van der Waals surface area (Å²) in [7, 11) is 1.65. The van der Waals surface area contributed by atoms with Gasteiger partial charge in [0, 0.05) is 12.6 Å². The van der Waals surface area contributed by atoms with Gasteiger partial charge in [-0.25, -0.2) is 4.39 Å². The minimum atomic E-state index is -0.581. The lowest BCUT2D eigenvalue weighted by molar-refractivity contribution is 0.0947. The number of hydrogen-bond acceptors (Lipinski definition) is 4. The van der Waals surface area contributed by atoms with Crippen LogP contribution in [0.4, 0.5) is 4.39 Å². The van der Waals surface area contributed by atoms with Crippen molar-refractivity contribution in [3.05, 3.63) is 71.7 Å². The first-order valence-corrected chi connectivity index (χ1v) is 9.01. The summed E-state index contributed by atoms with van der Waals surface area (Å²) >= 11 is 0. The van der Waals surface area contributed by atoms with Crippen molar-refractivity contribution in [2.24, 2.45) is 12.8 Å². The minimum absolute atomic E-state index is 0.0423. The Morgan fingerprint density at radius 2 is 1.90 bits per heavy atom. The highest BCUT2D eigenvalue weighted by Crippen LogP contribution is 2.19. The van der Waals surface area contributed by atoms with Gasteiger partial charge in [-0.05, 0) is 42.5 Å². The second kappa shape index (κ2) is 9.39. The number of ether oxygens (including phenoxy) is 1. The van der Waals surface area contributed by atoms with Crippen molar-refractivity contribution in [3.8, 4) is 28.8 Å². The molecule has 3 aromatic rings. The van der Waals surface area contributed by atoms with E-state index in [1.54, 1.807) is 49.5 Å². The maximum Gasteiger partial charge on any atom is 0.270 e. The van der Waals surface area contributed by atoms with E-state index in [9.17, 15) is 14.0 Å². The van der Waals surface area contributed by atoms with Gasteiger partial charge in [-0.3, -0.25) is 14.3 Å². The Balaban J connectivity index is 1.54. The molecule has 0 fully saturated rings. The van der Waals surface area contributed by atoms with Crippen molar-refractivity contribution in [2.75, 3.05) is 13.2 Å². The predicted molar refractivity (Wildman–Crippen MR) is 109 cm³/mol. The SMILES string of the molecule is Cn1nc(-c2ccc(F)cc2)cc1C(=O)NCC#CCOc1ccccc1C(N)=O. The molecule has 0 saturated heterocycles. The molecule has 3 rings (SSSR count). The molecule has 2 amide bonds. The number of aromatic nitrogens is 2. The third kappa shape index (κ3) is 5.02. The minimum Gasteiger partial charge on any atom is -0.480 e. The average Bonchev–Trinajstić information content (AvgIpc) is 3.12. The van der Waals surface area contributed by atoms with Crippen LogP contribution in [-0.2, 0) is 7.05 Å². The number of aryl methyl sites for hydroxylation is 1. The molecule has 0 unspecified atom stereocenters. The van der Waals surface area contributed by atoms with Crippen LogP contribution in [0.5, 0.6) is 5.75 Å². The van der Waals surface area contributed by atoms with Gasteiger partial charge in [0.1, 0.15) is 23.9 Å². The monoisotopic (exact) mass is 406 g/mol. The van der Waals surface area contributed by atoms with E-state index in [1.807, 2.05) is 0 Å². The number of primary amides is 1. The van der Waals surface area contributed by atoms with E-state index in [-0.39, 0.29) is 30.4 Å². The van der Waals surface area contributed by atoms with Gasteiger partial charge < -0.3 is 15.8 Å². The van der Waals surface area contributed by atoms with Crippen molar-refractivity contribution >= 4 is 11.8 Å².